The number of pyridine rings is 1. The molecule has 214 valence electrons. The molecule has 1 aliphatic carbocycles. The predicted octanol–water partition coefficient (Wildman–Crippen LogP) is 6.22. The Labute approximate surface area is 247 Å². The number of benzene rings is 1. The summed E-state index contributed by atoms with van der Waals surface area (Å²) in [5.41, 5.74) is 3.34. The van der Waals surface area contributed by atoms with Crippen LogP contribution in [0.4, 0.5) is 13.2 Å². The Morgan fingerprint density at radius 3 is 2.74 bits per heavy atom. The number of halogens is 4. The van der Waals surface area contributed by atoms with Crippen LogP contribution in [-0.2, 0) is 0 Å². The molecule has 2 fully saturated rings. The molecule has 5 heterocycles. The Kier molecular flexibility index (Phi) is 6.82. The lowest BCUT2D eigenvalue weighted by molar-refractivity contribution is 0.0564. The second kappa shape index (κ2) is 10.7. The summed E-state index contributed by atoms with van der Waals surface area (Å²) < 4.78 is 41.7. The summed E-state index contributed by atoms with van der Waals surface area (Å²) in [5, 5.41) is 9.87. The van der Waals surface area contributed by atoms with Crippen molar-refractivity contribution in [3.8, 4) is 0 Å². The quantitative estimate of drug-likeness (QED) is 0.269. The number of hydrogen-bond acceptors (Lipinski definition) is 7. The van der Waals surface area contributed by atoms with E-state index in [0.29, 0.717) is 51.2 Å². The van der Waals surface area contributed by atoms with E-state index in [2.05, 4.69) is 20.4 Å². The van der Waals surface area contributed by atoms with Crippen molar-refractivity contribution < 1.29 is 18.0 Å². The van der Waals surface area contributed by atoms with E-state index in [4.69, 9.17) is 16.6 Å². The van der Waals surface area contributed by atoms with Gasteiger partial charge < -0.3 is 10.2 Å². The van der Waals surface area contributed by atoms with Crippen LogP contribution < -0.4 is 5.32 Å². The average molecular weight is 610 g/mol. The molecular formula is C29H23ClF3N7OS. The third-order valence-corrected chi connectivity index (χ3v) is 8.66. The number of nitrogens with zero attached hydrogens (tertiary/aromatic N) is 6. The third kappa shape index (κ3) is 4.98. The highest BCUT2D eigenvalue weighted by atomic mass is 35.5. The largest absolute Gasteiger partial charge is 0.346 e. The first-order valence-corrected chi connectivity index (χ1v) is 14.7. The molecule has 3 aromatic heterocycles. The van der Waals surface area contributed by atoms with Gasteiger partial charge in [0.05, 0.1) is 11.7 Å². The second-order valence-corrected chi connectivity index (χ2v) is 11.7. The topological polar surface area (TPSA) is 88.3 Å². The van der Waals surface area contributed by atoms with E-state index in [9.17, 15) is 18.0 Å². The summed E-state index contributed by atoms with van der Waals surface area (Å²) in [4.78, 5) is 29.3. The highest BCUT2D eigenvalue weighted by Gasteiger charge is 2.41. The van der Waals surface area contributed by atoms with Crippen molar-refractivity contribution in [1.82, 2.24) is 30.0 Å². The number of thiazole rings is 1. The minimum absolute atomic E-state index is 0.145. The van der Waals surface area contributed by atoms with Crippen molar-refractivity contribution in [2.75, 3.05) is 6.54 Å². The van der Waals surface area contributed by atoms with Crippen LogP contribution >= 0.6 is 22.9 Å². The molecule has 8 nitrogen and oxygen atoms in total. The van der Waals surface area contributed by atoms with Crippen LogP contribution in [0.25, 0.3) is 5.57 Å². The molecule has 4 aromatic rings. The number of nitrogens with one attached hydrogen (secondary N) is 1. The number of alkyl halides is 2. The third-order valence-electron chi connectivity index (χ3n) is 7.56. The number of carbonyl (C=O) groups is 1. The highest BCUT2D eigenvalue weighted by molar-refractivity contribution is 7.11. The first-order valence-electron chi connectivity index (χ1n) is 13.4. The molecule has 42 heavy (non-hydrogen) atoms. The van der Waals surface area contributed by atoms with E-state index < -0.39 is 18.4 Å². The zero-order valence-corrected chi connectivity index (χ0v) is 23.5. The van der Waals surface area contributed by atoms with Crippen LogP contribution in [0, 0.1) is 5.82 Å². The lowest BCUT2D eigenvalue weighted by atomic mass is 9.92. The Hall–Kier alpha value is -4.03. The number of rotatable bonds is 7. The number of amides is 1. The summed E-state index contributed by atoms with van der Waals surface area (Å²) >= 11 is 7.92. The van der Waals surface area contributed by atoms with Crippen molar-refractivity contribution in [2.45, 2.75) is 43.8 Å². The Morgan fingerprint density at radius 2 is 2.02 bits per heavy atom. The van der Waals surface area contributed by atoms with Crippen LogP contribution in [-0.4, -0.2) is 49.0 Å². The van der Waals surface area contributed by atoms with Gasteiger partial charge in [0.1, 0.15) is 17.6 Å². The predicted molar refractivity (Wildman–Crippen MR) is 152 cm³/mol. The van der Waals surface area contributed by atoms with E-state index in [1.165, 1.54) is 35.7 Å². The molecule has 0 bridgehead atoms. The molecule has 1 amide bonds. The fraction of sp³-hybridized carbons (Fsp3) is 0.276. The highest BCUT2D eigenvalue weighted by Crippen LogP contribution is 2.46. The molecule has 1 saturated carbocycles. The maximum Gasteiger partial charge on any atom is 0.333 e. The molecule has 7 rings (SSSR count). The number of fused-ring (bicyclic) bond motifs is 1. The zero-order chi connectivity index (χ0) is 29.0. The van der Waals surface area contributed by atoms with Crippen LogP contribution in [0.3, 0.4) is 0 Å². The maximum atomic E-state index is 14.0. The molecule has 3 aliphatic rings. The minimum Gasteiger partial charge on any atom is -0.346 e. The second-order valence-electron chi connectivity index (χ2n) is 10.4. The average Bonchev–Trinajstić information content (AvgIpc) is 3.33. The lowest BCUT2D eigenvalue weighted by Crippen LogP contribution is -2.39. The normalized spacial score (nSPS) is 20.2. The van der Waals surface area contributed by atoms with Gasteiger partial charge in [-0.3, -0.25) is 9.79 Å². The van der Waals surface area contributed by atoms with Crippen LogP contribution in [0.2, 0.25) is 5.02 Å². The summed E-state index contributed by atoms with van der Waals surface area (Å²) in [6.07, 6.45) is 5.39. The first-order chi connectivity index (χ1) is 20.4. The van der Waals surface area contributed by atoms with E-state index in [-0.39, 0.29) is 22.7 Å². The SMILES string of the molecule is O=C(NC1CC2=C(c3ccn(C(F)F)n3)[C@H](c3ccc(F)cc3Cl)N=C(c3nccs3)N2C1)c1cccc(C2CC2)n1. The zero-order valence-electron chi connectivity index (χ0n) is 21.9. The number of carbonyl (C=O) groups excluding carboxylic acids is 1. The fourth-order valence-corrected chi connectivity index (χ4v) is 6.41. The van der Waals surface area contributed by atoms with Crippen molar-refractivity contribution in [1.29, 1.82) is 0 Å². The van der Waals surface area contributed by atoms with Gasteiger partial charge in [0, 0.05) is 64.2 Å². The van der Waals surface area contributed by atoms with Gasteiger partial charge in [0.15, 0.2) is 10.8 Å². The van der Waals surface area contributed by atoms with Crippen molar-refractivity contribution in [3.05, 3.63) is 104 Å². The molecule has 13 heteroatoms. The Balaban J connectivity index is 1.31. The molecule has 1 N–H and O–H groups in total. The minimum atomic E-state index is -2.83. The molecule has 2 atom stereocenters. The summed E-state index contributed by atoms with van der Waals surface area (Å²) in [6, 6.07) is 9.87. The Morgan fingerprint density at radius 1 is 1.17 bits per heavy atom. The van der Waals surface area contributed by atoms with Crippen LogP contribution in [0.1, 0.15) is 70.2 Å². The molecular weight excluding hydrogens is 587 g/mol. The number of amidine groups is 1. The van der Waals surface area contributed by atoms with Gasteiger partial charge >= 0.3 is 6.55 Å². The van der Waals surface area contributed by atoms with E-state index >= 15 is 0 Å². The summed E-state index contributed by atoms with van der Waals surface area (Å²) in [7, 11) is 0. The van der Waals surface area contributed by atoms with E-state index in [1.807, 2.05) is 22.4 Å². The summed E-state index contributed by atoms with van der Waals surface area (Å²) in [5.74, 6) is 0.154. The number of hydrogen-bond donors (Lipinski definition) is 1. The first kappa shape index (κ1) is 26.8. The van der Waals surface area contributed by atoms with Crippen LogP contribution in [0.15, 0.2) is 70.9 Å². The lowest BCUT2D eigenvalue weighted by Gasteiger charge is -2.32. The number of aliphatic imine (C=N–C) groups is 1. The molecule has 0 spiro atoms. The van der Waals surface area contributed by atoms with E-state index in [1.54, 1.807) is 18.3 Å². The van der Waals surface area contributed by atoms with Crippen molar-refractivity contribution in [2.24, 2.45) is 4.99 Å². The molecule has 2 aliphatic heterocycles. The van der Waals surface area contributed by atoms with Gasteiger partial charge in [-0.1, -0.05) is 23.7 Å². The Bertz CT molecular complexity index is 1730. The molecule has 1 unspecified atom stereocenters. The standard InChI is InChI=1S/C29H23ClF3N7OS/c30-19-12-16(31)6-7-18(19)25-24(21-8-10-40(38-21)29(32)33)23-13-17(14-39(23)26(37-25)28-34-9-11-42-28)35-27(41)22-3-1-2-20(36-22)15-4-5-15/h1-3,6-12,15,17,25,29H,4-5,13-14H2,(H,35,41)/t17?,25-/m0/s1. The smallest absolute Gasteiger partial charge is 0.333 e. The summed E-state index contributed by atoms with van der Waals surface area (Å²) in [6.45, 7) is -2.47. The fourth-order valence-electron chi connectivity index (χ4n) is 5.49. The van der Waals surface area contributed by atoms with Gasteiger partial charge in [-0.25, -0.2) is 19.0 Å². The molecule has 1 aromatic carbocycles. The number of aromatic nitrogens is 4. The molecule has 0 radical (unpaired) electrons. The van der Waals surface area contributed by atoms with E-state index in [0.717, 1.165) is 24.2 Å². The maximum absolute atomic E-state index is 14.0. The van der Waals surface area contributed by atoms with Gasteiger partial charge in [-0.15, -0.1) is 11.3 Å². The van der Waals surface area contributed by atoms with Gasteiger partial charge in [-0.2, -0.15) is 13.9 Å². The molecule has 1 saturated heterocycles. The van der Waals surface area contributed by atoms with Crippen LogP contribution in [0.5, 0.6) is 0 Å². The van der Waals surface area contributed by atoms with Crippen molar-refractivity contribution in [3.63, 3.8) is 0 Å². The van der Waals surface area contributed by atoms with Gasteiger partial charge in [0.25, 0.3) is 5.91 Å². The van der Waals surface area contributed by atoms with Gasteiger partial charge in [0.2, 0.25) is 0 Å². The van der Waals surface area contributed by atoms with Gasteiger partial charge in [-0.05, 0) is 43.2 Å². The van der Waals surface area contributed by atoms with Crippen molar-refractivity contribution >= 4 is 40.3 Å². The monoisotopic (exact) mass is 609 g/mol.